The highest BCUT2D eigenvalue weighted by Crippen LogP contribution is 2.36. The highest BCUT2D eigenvalue weighted by atomic mass is 16.5. The minimum atomic E-state index is -0.557. The third-order valence-corrected chi connectivity index (χ3v) is 4.79. The summed E-state index contributed by atoms with van der Waals surface area (Å²) < 4.78 is 5.10. The van der Waals surface area contributed by atoms with Gasteiger partial charge in [-0.15, -0.1) is 6.58 Å². The lowest BCUT2D eigenvalue weighted by atomic mass is 9.72. The van der Waals surface area contributed by atoms with E-state index in [4.69, 9.17) is 4.74 Å². The zero-order chi connectivity index (χ0) is 16.7. The molecule has 1 aliphatic rings. The number of ether oxygens (including phenoxy) is 1. The Kier molecular flexibility index (Phi) is 6.37. The van der Waals surface area contributed by atoms with Gasteiger partial charge in [-0.3, -0.25) is 4.79 Å². The first kappa shape index (κ1) is 17.7. The summed E-state index contributed by atoms with van der Waals surface area (Å²) in [6.07, 6.45) is 4.49. The van der Waals surface area contributed by atoms with E-state index in [2.05, 4.69) is 11.5 Å². The standard InChI is InChI=1S/C19H27NO3/c1-3-4-10-17(21)15-20-13-11-19(12-14-20,18(22)23-2)16-8-6-5-7-9-16/h3,5-9,17,21H,1,4,10-15H2,2H3. The predicted octanol–water partition coefficient (Wildman–Crippen LogP) is 2.52. The summed E-state index contributed by atoms with van der Waals surface area (Å²) in [6, 6.07) is 9.90. The first-order chi connectivity index (χ1) is 11.1. The molecule has 1 aromatic rings. The Hall–Kier alpha value is -1.65. The van der Waals surface area contributed by atoms with Crippen molar-refractivity contribution in [1.29, 1.82) is 0 Å². The highest BCUT2D eigenvalue weighted by molar-refractivity contribution is 5.83. The van der Waals surface area contributed by atoms with Crippen LogP contribution in [-0.2, 0) is 14.9 Å². The molecule has 2 rings (SSSR count). The minimum absolute atomic E-state index is 0.157. The average Bonchev–Trinajstić information content (AvgIpc) is 2.61. The van der Waals surface area contributed by atoms with Crippen LogP contribution in [0.4, 0.5) is 0 Å². The van der Waals surface area contributed by atoms with Gasteiger partial charge in [-0.05, 0) is 44.3 Å². The number of esters is 1. The molecule has 0 saturated carbocycles. The normalized spacial score (nSPS) is 19.0. The van der Waals surface area contributed by atoms with E-state index in [-0.39, 0.29) is 12.1 Å². The Morgan fingerprint density at radius 1 is 1.39 bits per heavy atom. The molecule has 0 aliphatic carbocycles. The lowest BCUT2D eigenvalue weighted by molar-refractivity contribution is -0.149. The van der Waals surface area contributed by atoms with Crippen LogP contribution in [0.15, 0.2) is 43.0 Å². The maximum absolute atomic E-state index is 12.5. The summed E-state index contributed by atoms with van der Waals surface area (Å²) in [6.45, 7) is 5.91. The fourth-order valence-corrected chi connectivity index (χ4v) is 3.38. The van der Waals surface area contributed by atoms with Gasteiger partial charge in [0, 0.05) is 6.54 Å². The fourth-order valence-electron chi connectivity index (χ4n) is 3.38. The van der Waals surface area contributed by atoms with E-state index in [0.717, 1.165) is 44.3 Å². The average molecular weight is 317 g/mol. The number of benzene rings is 1. The summed E-state index contributed by atoms with van der Waals surface area (Å²) in [5, 5.41) is 10.1. The van der Waals surface area contributed by atoms with Gasteiger partial charge in [0.25, 0.3) is 0 Å². The molecule has 126 valence electrons. The third-order valence-electron chi connectivity index (χ3n) is 4.79. The van der Waals surface area contributed by atoms with Crippen molar-refractivity contribution in [3.63, 3.8) is 0 Å². The van der Waals surface area contributed by atoms with Crippen LogP contribution >= 0.6 is 0 Å². The lowest BCUT2D eigenvalue weighted by Crippen LogP contribution is -2.49. The molecule has 0 radical (unpaired) electrons. The number of carbonyl (C=O) groups excluding carboxylic acids is 1. The van der Waals surface area contributed by atoms with Gasteiger partial charge in [0.15, 0.2) is 0 Å². The predicted molar refractivity (Wildman–Crippen MR) is 91.2 cm³/mol. The molecule has 1 heterocycles. The van der Waals surface area contributed by atoms with Crippen LogP contribution in [0.25, 0.3) is 0 Å². The molecule has 1 fully saturated rings. The smallest absolute Gasteiger partial charge is 0.316 e. The van der Waals surface area contributed by atoms with Crippen molar-refractivity contribution >= 4 is 5.97 Å². The number of aliphatic hydroxyl groups excluding tert-OH is 1. The number of β-amino-alcohol motifs (C(OH)–C–C–N with tert-alkyl or cyclic N) is 1. The number of hydrogen-bond acceptors (Lipinski definition) is 4. The van der Waals surface area contributed by atoms with Crippen LogP contribution in [0.2, 0.25) is 0 Å². The van der Waals surface area contributed by atoms with E-state index < -0.39 is 5.41 Å². The summed E-state index contributed by atoms with van der Waals surface area (Å²) in [4.78, 5) is 14.7. The maximum atomic E-state index is 12.5. The molecule has 1 unspecified atom stereocenters. The van der Waals surface area contributed by atoms with Crippen LogP contribution in [0, 0.1) is 0 Å². The van der Waals surface area contributed by atoms with Gasteiger partial charge in [-0.25, -0.2) is 0 Å². The second-order valence-corrected chi connectivity index (χ2v) is 6.26. The Bertz CT molecular complexity index is 507. The third kappa shape index (κ3) is 4.21. The number of hydrogen-bond donors (Lipinski definition) is 1. The molecule has 0 bridgehead atoms. The number of nitrogens with zero attached hydrogens (tertiary/aromatic N) is 1. The van der Waals surface area contributed by atoms with Gasteiger partial charge in [0.2, 0.25) is 0 Å². The second kappa shape index (κ2) is 8.27. The Morgan fingerprint density at radius 3 is 2.61 bits per heavy atom. The monoisotopic (exact) mass is 317 g/mol. The molecule has 0 aromatic heterocycles. The van der Waals surface area contributed by atoms with Crippen LogP contribution in [0.3, 0.4) is 0 Å². The van der Waals surface area contributed by atoms with Gasteiger partial charge < -0.3 is 14.7 Å². The van der Waals surface area contributed by atoms with Crippen molar-refractivity contribution in [3.05, 3.63) is 48.6 Å². The van der Waals surface area contributed by atoms with Crippen LogP contribution in [0.5, 0.6) is 0 Å². The number of allylic oxidation sites excluding steroid dienone is 1. The molecule has 0 amide bonds. The SMILES string of the molecule is C=CCCC(O)CN1CCC(C(=O)OC)(c2ccccc2)CC1. The van der Waals surface area contributed by atoms with E-state index in [0.29, 0.717) is 6.54 Å². The van der Waals surface area contributed by atoms with Gasteiger partial charge in [0.1, 0.15) is 0 Å². The van der Waals surface area contributed by atoms with Gasteiger partial charge >= 0.3 is 5.97 Å². The van der Waals surface area contributed by atoms with Crippen molar-refractivity contribution in [2.75, 3.05) is 26.7 Å². The topological polar surface area (TPSA) is 49.8 Å². The van der Waals surface area contributed by atoms with Gasteiger partial charge in [-0.2, -0.15) is 0 Å². The van der Waals surface area contributed by atoms with Crippen molar-refractivity contribution in [2.24, 2.45) is 0 Å². The number of likely N-dealkylation sites (tertiary alicyclic amines) is 1. The van der Waals surface area contributed by atoms with Crippen LogP contribution in [0.1, 0.15) is 31.2 Å². The number of aliphatic hydroxyl groups is 1. The van der Waals surface area contributed by atoms with Gasteiger partial charge in [-0.1, -0.05) is 36.4 Å². The number of carbonyl (C=O) groups is 1. The van der Waals surface area contributed by atoms with Crippen LogP contribution in [-0.4, -0.2) is 48.8 Å². The fraction of sp³-hybridized carbons (Fsp3) is 0.526. The van der Waals surface area contributed by atoms with E-state index in [1.807, 2.05) is 36.4 Å². The molecule has 1 saturated heterocycles. The molecule has 1 N–H and O–H groups in total. The maximum Gasteiger partial charge on any atom is 0.316 e. The Balaban J connectivity index is 2.03. The quantitative estimate of drug-likeness (QED) is 0.620. The van der Waals surface area contributed by atoms with Crippen LogP contribution < -0.4 is 0 Å². The van der Waals surface area contributed by atoms with Crippen molar-refractivity contribution in [3.8, 4) is 0 Å². The number of piperidine rings is 1. The first-order valence-corrected chi connectivity index (χ1v) is 8.27. The zero-order valence-electron chi connectivity index (χ0n) is 13.9. The summed E-state index contributed by atoms with van der Waals surface area (Å²) in [5.74, 6) is -0.157. The summed E-state index contributed by atoms with van der Waals surface area (Å²) >= 11 is 0. The van der Waals surface area contributed by atoms with E-state index in [1.165, 1.54) is 7.11 Å². The van der Waals surface area contributed by atoms with E-state index in [1.54, 1.807) is 0 Å². The zero-order valence-corrected chi connectivity index (χ0v) is 13.9. The molecule has 1 aliphatic heterocycles. The Morgan fingerprint density at radius 2 is 2.04 bits per heavy atom. The minimum Gasteiger partial charge on any atom is -0.468 e. The molecular weight excluding hydrogens is 290 g/mol. The molecule has 0 spiro atoms. The van der Waals surface area contributed by atoms with Crippen molar-refractivity contribution in [2.45, 2.75) is 37.2 Å². The molecule has 1 atom stereocenters. The van der Waals surface area contributed by atoms with Crippen molar-refractivity contribution < 1.29 is 14.6 Å². The lowest BCUT2D eigenvalue weighted by Gasteiger charge is -2.40. The summed E-state index contributed by atoms with van der Waals surface area (Å²) in [5.41, 5.74) is 0.470. The van der Waals surface area contributed by atoms with E-state index >= 15 is 0 Å². The molecule has 1 aromatic carbocycles. The molecular formula is C19H27NO3. The summed E-state index contributed by atoms with van der Waals surface area (Å²) in [7, 11) is 1.46. The Labute approximate surface area is 138 Å². The van der Waals surface area contributed by atoms with Gasteiger partial charge in [0.05, 0.1) is 18.6 Å². The van der Waals surface area contributed by atoms with Crippen molar-refractivity contribution in [1.82, 2.24) is 4.90 Å². The molecule has 4 heteroatoms. The number of methoxy groups -OCH3 is 1. The molecule has 23 heavy (non-hydrogen) atoms. The first-order valence-electron chi connectivity index (χ1n) is 8.27. The second-order valence-electron chi connectivity index (χ2n) is 6.26. The largest absolute Gasteiger partial charge is 0.468 e. The number of rotatable bonds is 7. The highest BCUT2D eigenvalue weighted by Gasteiger charge is 2.43. The molecule has 4 nitrogen and oxygen atoms in total. The van der Waals surface area contributed by atoms with E-state index in [9.17, 15) is 9.90 Å².